The number of hydrogen-bond donors (Lipinski definition) is 6. The van der Waals surface area contributed by atoms with Crippen molar-refractivity contribution in [2.24, 2.45) is 0 Å². The Balaban J connectivity index is 2.20. The van der Waals surface area contributed by atoms with E-state index in [1.807, 2.05) is 6.08 Å². The molecule has 80 heavy (non-hydrogen) atoms. The van der Waals surface area contributed by atoms with E-state index in [-0.39, 0.29) is 12.5 Å². The lowest BCUT2D eigenvalue weighted by atomic mass is 9.99. The second-order valence-corrected chi connectivity index (χ2v) is 22.5. The molecule has 0 aromatic rings. The molecule has 0 saturated carbocycles. The first-order valence-electron chi connectivity index (χ1n) is 33.1. The van der Waals surface area contributed by atoms with Gasteiger partial charge in [-0.3, -0.25) is 4.79 Å². The van der Waals surface area contributed by atoms with Crippen molar-refractivity contribution in [3.8, 4) is 0 Å². The molecule has 1 amide bonds. The van der Waals surface area contributed by atoms with Gasteiger partial charge in [-0.05, 0) is 83.5 Å². The van der Waals surface area contributed by atoms with Gasteiger partial charge < -0.3 is 40.3 Å². The van der Waals surface area contributed by atoms with Gasteiger partial charge in [-0.25, -0.2) is 0 Å². The van der Waals surface area contributed by atoms with Crippen LogP contribution in [0.25, 0.3) is 0 Å². The normalized spacial score (nSPS) is 19.2. The molecule has 6 N–H and O–H groups in total. The van der Waals surface area contributed by atoms with Gasteiger partial charge >= 0.3 is 0 Å². The molecule has 1 heterocycles. The topological polar surface area (TPSA) is 149 Å². The predicted octanol–water partition coefficient (Wildman–Crippen LogP) is 17.7. The summed E-state index contributed by atoms with van der Waals surface area (Å²) in [7, 11) is 0. The van der Waals surface area contributed by atoms with Crippen LogP contribution in [0.3, 0.4) is 0 Å². The van der Waals surface area contributed by atoms with Crippen molar-refractivity contribution in [2.75, 3.05) is 13.2 Å². The SMILES string of the molecule is CC/C=C\C/C=C\C/C=C\C/C=C\C/C=C\C/C=C\C/C=C\C/C=C\CCCCCCCCCCC(=O)NC(COC1OC(CO)C(O)C(O)C1O)C(O)/C=C/CCCCCCCCCCCCCCCCCCCCCCCC. The van der Waals surface area contributed by atoms with Crippen LogP contribution in [0.4, 0.5) is 0 Å². The molecule has 0 aromatic heterocycles. The van der Waals surface area contributed by atoms with E-state index in [2.05, 4.69) is 116 Å². The summed E-state index contributed by atoms with van der Waals surface area (Å²) in [6.07, 6.45) is 80.2. The fraction of sp³-hybridized carbons (Fsp3) is 0.732. The number of hydrogen-bond acceptors (Lipinski definition) is 8. The number of aliphatic hydroxyl groups excluding tert-OH is 5. The number of amides is 1. The average Bonchev–Trinajstić information content (AvgIpc) is 3.46. The molecule has 0 radical (unpaired) electrons. The van der Waals surface area contributed by atoms with E-state index >= 15 is 0 Å². The van der Waals surface area contributed by atoms with Crippen LogP contribution in [-0.2, 0) is 14.3 Å². The van der Waals surface area contributed by atoms with E-state index in [0.29, 0.717) is 6.42 Å². The number of allylic oxidation sites excluding steroid dienone is 17. The fourth-order valence-corrected chi connectivity index (χ4v) is 9.94. The molecule has 9 heteroatoms. The highest BCUT2D eigenvalue weighted by Gasteiger charge is 2.44. The summed E-state index contributed by atoms with van der Waals surface area (Å²) in [6, 6.07) is -0.819. The van der Waals surface area contributed by atoms with Gasteiger partial charge in [-0.1, -0.05) is 297 Å². The maximum Gasteiger partial charge on any atom is 0.220 e. The van der Waals surface area contributed by atoms with Gasteiger partial charge in [0.15, 0.2) is 6.29 Å². The minimum absolute atomic E-state index is 0.187. The lowest BCUT2D eigenvalue weighted by molar-refractivity contribution is -0.302. The Bertz CT molecular complexity index is 1630. The molecule has 7 unspecified atom stereocenters. The lowest BCUT2D eigenvalue weighted by Gasteiger charge is -2.40. The van der Waals surface area contributed by atoms with Crippen molar-refractivity contribution in [3.63, 3.8) is 0 Å². The van der Waals surface area contributed by atoms with Crippen LogP contribution < -0.4 is 5.32 Å². The number of carbonyl (C=O) groups is 1. The Morgan fingerprint density at radius 3 is 1.15 bits per heavy atom. The zero-order chi connectivity index (χ0) is 57.9. The van der Waals surface area contributed by atoms with Gasteiger partial charge in [0.1, 0.15) is 24.4 Å². The van der Waals surface area contributed by atoms with Crippen LogP contribution in [-0.4, -0.2) is 87.5 Å². The fourth-order valence-electron chi connectivity index (χ4n) is 9.94. The third-order valence-corrected chi connectivity index (χ3v) is 15.1. The van der Waals surface area contributed by atoms with Gasteiger partial charge in [-0.15, -0.1) is 0 Å². The van der Waals surface area contributed by atoms with Gasteiger partial charge in [-0.2, -0.15) is 0 Å². The first-order chi connectivity index (χ1) is 39.3. The highest BCUT2D eigenvalue weighted by molar-refractivity contribution is 5.76. The van der Waals surface area contributed by atoms with Crippen molar-refractivity contribution < 1.29 is 39.8 Å². The highest BCUT2D eigenvalue weighted by atomic mass is 16.7. The van der Waals surface area contributed by atoms with Gasteiger partial charge in [0.25, 0.3) is 0 Å². The summed E-state index contributed by atoms with van der Waals surface area (Å²) in [6.45, 7) is 3.68. The van der Waals surface area contributed by atoms with Gasteiger partial charge in [0.2, 0.25) is 5.91 Å². The number of carbonyl (C=O) groups excluding carboxylic acids is 1. The summed E-state index contributed by atoms with van der Waals surface area (Å²) >= 11 is 0. The average molecular weight is 1120 g/mol. The summed E-state index contributed by atoms with van der Waals surface area (Å²) in [5, 5.41) is 54.7. The first-order valence-corrected chi connectivity index (χ1v) is 33.1. The molecule has 0 aliphatic carbocycles. The summed E-state index contributed by atoms with van der Waals surface area (Å²) in [5.74, 6) is -0.187. The summed E-state index contributed by atoms with van der Waals surface area (Å²) in [4.78, 5) is 13.1. The van der Waals surface area contributed by atoms with Gasteiger partial charge in [0, 0.05) is 6.42 Å². The zero-order valence-electron chi connectivity index (χ0n) is 51.3. The Hall–Kier alpha value is -3.15. The zero-order valence-corrected chi connectivity index (χ0v) is 51.3. The van der Waals surface area contributed by atoms with Crippen molar-refractivity contribution >= 4 is 5.91 Å². The second kappa shape index (κ2) is 59.0. The standard InChI is InChI=1S/C71H123NO8/c1-3-5-7-9-11-13-15-17-19-21-23-25-27-29-30-31-32-33-34-35-36-37-39-41-43-45-47-49-51-53-55-57-59-61-67(75)72-64(63-79-71-70(78)69(77)68(76)66(62-73)80-71)65(74)60-58-56-54-52-50-48-46-44-42-40-38-28-26-24-22-20-18-16-14-12-10-8-6-4-2/h5,7,11,13,17,19,23,25,29-30,32-33,35-36,39,41,58,60,64-66,68-71,73-74,76-78H,3-4,6,8-10,12,14-16,18,20-22,24,26-28,31,34,37-38,40,42-57,59,61-63H2,1-2H3,(H,72,75)/b7-5-,13-11-,19-17-,25-23-,30-29-,33-32-,36-35-,41-39-,60-58+. The quantitative estimate of drug-likeness (QED) is 0.0261. The largest absolute Gasteiger partial charge is 0.394 e. The lowest BCUT2D eigenvalue weighted by Crippen LogP contribution is -2.60. The van der Waals surface area contributed by atoms with Crippen LogP contribution >= 0.6 is 0 Å². The third-order valence-electron chi connectivity index (χ3n) is 15.1. The smallest absolute Gasteiger partial charge is 0.220 e. The molecule has 1 saturated heterocycles. The molecule has 0 aromatic carbocycles. The molecule has 1 fully saturated rings. The van der Waals surface area contributed by atoms with Crippen LogP contribution in [0.1, 0.15) is 277 Å². The molecule has 9 nitrogen and oxygen atoms in total. The molecule has 1 rings (SSSR count). The van der Waals surface area contributed by atoms with E-state index in [0.717, 1.165) is 103 Å². The Kier molecular flexibility index (Phi) is 55.2. The Morgan fingerprint density at radius 1 is 0.438 bits per heavy atom. The molecule has 1 aliphatic rings. The van der Waals surface area contributed by atoms with Gasteiger partial charge in [0.05, 0.1) is 25.4 Å². The number of ether oxygens (including phenoxy) is 2. The minimum Gasteiger partial charge on any atom is -0.394 e. The van der Waals surface area contributed by atoms with E-state index in [1.54, 1.807) is 6.08 Å². The van der Waals surface area contributed by atoms with Crippen LogP contribution in [0, 0.1) is 0 Å². The van der Waals surface area contributed by atoms with Crippen LogP contribution in [0.5, 0.6) is 0 Å². The molecule has 0 bridgehead atoms. The number of rotatable bonds is 56. The van der Waals surface area contributed by atoms with Crippen LogP contribution in [0.15, 0.2) is 109 Å². The molecular formula is C71H123NO8. The number of nitrogens with one attached hydrogen (secondary N) is 1. The maximum absolute atomic E-state index is 13.1. The minimum atomic E-state index is -1.58. The molecule has 0 spiro atoms. The van der Waals surface area contributed by atoms with Crippen molar-refractivity contribution in [3.05, 3.63) is 109 Å². The Morgan fingerprint density at radius 2 is 0.775 bits per heavy atom. The Labute approximate surface area is 491 Å². The maximum atomic E-state index is 13.1. The monoisotopic (exact) mass is 1120 g/mol. The number of aliphatic hydroxyl groups is 5. The van der Waals surface area contributed by atoms with E-state index < -0.39 is 49.5 Å². The predicted molar refractivity (Wildman–Crippen MR) is 341 cm³/mol. The molecule has 460 valence electrons. The van der Waals surface area contributed by atoms with E-state index in [1.165, 1.54) is 154 Å². The second-order valence-electron chi connectivity index (χ2n) is 22.5. The first kappa shape index (κ1) is 74.9. The van der Waals surface area contributed by atoms with Crippen molar-refractivity contribution in [1.29, 1.82) is 0 Å². The van der Waals surface area contributed by atoms with E-state index in [4.69, 9.17) is 9.47 Å². The third kappa shape index (κ3) is 47.4. The molecular weight excluding hydrogens is 995 g/mol. The van der Waals surface area contributed by atoms with E-state index in [9.17, 15) is 30.3 Å². The summed E-state index contributed by atoms with van der Waals surface area (Å²) in [5.41, 5.74) is 0. The van der Waals surface area contributed by atoms with Crippen LogP contribution in [0.2, 0.25) is 0 Å². The van der Waals surface area contributed by atoms with Crippen molar-refractivity contribution in [2.45, 2.75) is 320 Å². The summed E-state index contributed by atoms with van der Waals surface area (Å²) < 4.78 is 11.3. The molecule has 7 atom stereocenters. The molecule has 1 aliphatic heterocycles. The number of unbranched alkanes of at least 4 members (excludes halogenated alkanes) is 30. The van der Waals surface area contributed by atoms with Crippen molar-refractivity contribution in [1.82, 2.24) is 5.32 Å². The highest BCUT2D eigenvalue weighted by Crippen LogP contribution is 2.23.